The molecule has 0 radical (unpaired) electrons. The molecule has 0 saturated heterocycles. The van der Waals surface area contributed by atoms with Gasteiger partial charge >= 0.3 is 16.1 Å². The first-order valence-electron chi connectivity index (χ1n) is 12.9. The number of hydrogen-bond acceptors (Lipinski definition) is 7. The van der Waals surface area contributed by atoms with E-state index in [9.17, 15) is 33.7 Å². The predicted molar refractivity (Wildman–Crippen MR) is 158 cm³/mol. The number of fused-ring (bicyclic) bond motifs is 2. The minimum atomic E-state index is -5.00. The van der Waals surface area contributed by atoms with Crippen LogP contribution in [0.3, 0.4) is 0 Å². The number of nitrogens with zero attached hydrogens (tertiary/aromatic N) is 1. The fraction of sp³-hybridized carbons (Fsp3) is 0.321. The standard InChI is InChI=1S/C28H34N2O9P2/c1-18(2)8-5-9-19(3)10-6-11-20(4)14-15-30-23-16-21(31)17-25(38-40(33)34)27(23)29-26-22(28(30)32)12-7-13-24(26)39-41(35,36)37/h7-8,10,12-14,16-17H,5-6,9,11,15H2,1-4H3,(H4-,29,31,32,33,34,35,36,37)/p+1/b19-10+,20-14+. The predicted octanol–water partition coefficient (Wildman–Crippen LogP) is 7.02. The Morgan fingerprint density at radius 2 is 1.66 bits per heavy atom. The smallest absolute Gasteiger partial charge is 0.508 e. The van der Waals surface area contributed by atoms with Crippen LogP contribution >= 0.6 is 16.1 Å². The molecule has 0 fully saturated rings. The van der Waals surface area contributed by atoms with Crippen LogP contribution in [0.25, 0.3) is 0 Å². The lowest BCUT2D eigenvalue weighted by Gasteiger charge is -2.22. The Morgan fingerprint density at radius 1 is 1.00 bits per heavy atom. The summed E-state index contributed by atoms with van der Waals surface area (Å²) in [6.45, 7) is 8.27. The van der Waals surface area contributed by atoms with Crippen LogP contribution in [0, 0.1) is 0 Å². The van der Waals surface area contributed by atoms with E-state index < -0.39 is 22.0 Å². The number of hydrogen-bond donors (Lipinski definition) is 5. The molecule has 2 aromatic carbocycles. The fourth-order valence-corrected chi connectivity index (χ4v) is 4.99. The van der Waals surface area contributed by atoms with Gasteiger partial charge < -0.3 is 19.8 Å². The van der Waals surface area contributed by atoms with E-state index in [0.29, 0.717) is 0 Å². The summed E-state index contributed by atoms with van der Waals surface area (Å²) in [5.74, 6) is -1.47. The highest BCUT2D eigenvalue weighted by Crippen LogP contribution is 2.50. The quantitative estimate of drug-likeness (QED) is 0.0964. The van der Waals surface area contributed by atoms with Crippen LogP contribution in [0.5, 0.6) is 17.2 Å². The Kier molecular flexibility index (Phi) is 10.9. The van der Waals surface area contributed by atoms with Crippen molar-refractivity contribution in [2.24, 2.45) is 0 Å². The van der Waals surface area contributed by atoms with Crippen molar-refractivity contribution in [3.8, 4) is 17.2 Å². The van der Waals surface area contributed by atoms with Gasteiger partial charge in [-0.25, -0.2) is 9.09 Å². The zero-order valence-corrected chi connectivity index (χ0v) is 25.1. The third kappa shape index (κ3) is 9.28. The van der Waals surface area contributed by atoms with Crippen molar-refractivity contribution in [1.82, 2.24) is 0 Å². The van der Waals surface area contributed by atoms with E-state index in [1.807, 2.05) is 13.0 Å². The van der Waals surface area contributed by atoms with E-state index in [2.05, 4.69) is 38.2 Å². The van der Waals surface area contributed by atoms with Gasteiger partial charge in [0.2, 0.25) is 5.75 Å². The molecule has 0 aliphatic carbocycles. The summed E-state index contributed by atoms with van der Waals surface area (Å²) in [5, 5.41) is 13.2. The largest absolute Gasteiger partial charge is 0.747 e. The number of rotatable bonds is 12. The second kappa shape index (κ2) is 13.9. The SMILES string of the molecule is CC(C)=CCC/C(C)=C/CC/C(C)=C/CN1C(=O)c2cccc(OP(=O)(O)O)c2Nc2c(O[P+](=O)O)cc(O)cc21. The number of para-hydroxylation sites is 1. The number of aromatic hydroxyl groups is 1. The Bertz CT molecular complexity index is 1460. The molecule has 220 valence electrons. The monoisotopic (exact) mass is 605 g/mol. The number of benzene rings is 2. The maximum absolute atomic E-state index is 13.8. The second-order valence-electron chi connectivity index (χ2n) is 9.93. The van der Waals surface area contributed by atoms with Crippen LogP contribution < -0.4 is 19.3 Å². The molecule has 2 aromatic rings. The van der Waals surface area contributed by atoms with Crippen molar-refractivity contribution in [1.29, 1.82) is 0 Å². The summed E-state index contributed by atoms with van der Waals surface area (Å²) < 4.78 is 33.0. The van der Waals surface area contributed by atoms with E-state index >= 15 is 0 Å². The fourth-order valence-electron chi connectivity index (χ4n) is 4.27. The van der Waals surface area contributed by atoms with E-state index in [4.69, 9.17) is 9.05 Å². The maximum atomic E-state index is 13.8. The Morgan fingerprint density at radius 3 is 2.29 bits per heavy atom. The number of phosphoric acid groups is 1. The first-order chi connectivity index (χ1) is 19.2. The molecule has 5 N–H and O–H groups in total. The summed E-state index contributed by atoms with van der Waals surface area (Å²) in [4.78, 5) is 43.3. The van der Waals surface area contributed by atoms with Crippen LogP contribution in [0.2, 0.25) is 0 Å². The molecule has 3 rings (SSSR count). The summed E-state index contributed by atoms with van der Waals surface area (Å²) in [6.07, 6.45) is 9.83. The van der Waals surface area contributed by atoms with Gasteiger partial charge in [0.1, 0.15) is 11.4 Å². The van der Waals surface area contributed by atoms with Crippen molar-refractivity contribution in [2.75, 3.05) is 16.8 Å². The first kappa shape index (κ1) is 32.1. The van der Waals surface area contributed by atoms with E-state index in [1.165, 1.54) is 40.3 Å². The van der Waals surface area contributed by atoms with Gasteiger partial charge in [-0.3, -0.25) is 14.6 Å². The van der Waals surface area contributed by atoms with Gasteiger partial charge in [-0.05, 0) is 65.5 Å². The zero-order chi connectivity index (χ0) is 30.3. The van der Waals surface area contributed by atoms with Crippen LogP contribution in [0.15, 0.2) is 65.3 Å². The molecule has 41 heavy (non-hydrogen) atoms. The normalized spacial score (nSPS) is 14.0. The Labute approximate surface area is 240 Å². The van der Waals surface area contributed by atoms with Crippen LogP contribution in [0.4, 0.5) is 17.1 Å². The lowest BCUT2D eigenvalue weighted by Crippen LogP contribution is -2.30. The van der Waals surface area contributed by atoms with Gasteiger partial charge in [0.15, 0.2) is 5.75 Å². The number of phosphoric ester groups is 1. The summed E-state index contributed by atoms with van der Waals surface area (Å²) in [7, 11) is -8.16. The zero-order valence-electron chi connectivity index (χ0n) is 23.3. The van der Waals surface area contributed by atoms with Crippen molar-refractivity contribution in [3.63, 3.8) is 0 Å². The number of anilines is 3. The molecule has 11 nitrogen and oxygen atoms in total. The van der Waals surface area contributed by atoms with Crippen molar-refractivity contribution < 1.29 is 42.8 Å². The van der Waals surface area contributed by atoms with Gasteiger partial charge in [-0.1, -0.05) is 41.0 Å². The highest BCUT2D eigenvalue weighted by atomic mass is 31.2. The molecular formula is C28H35N2O9P2+. The molecule has 0 saturated carbocycles. The molecule has 0 aromatic heterocycles. The molecular weight excluding hydrogens is 570 g/mol. The molecule has 13 heteroatoms. The highest BCUT2D eigenvalue weighted by molar-refractivity contribution is 7.46. The third-order valence-corrected chi connectivity index (χ3v) is 7.03. The lowest BCUT2D eigenvalue weighted by molar-refractivity contribution is 0.0990. The van der Waals surface area contributed by atoms with Gasteiger partial charge in [0, 0.05) is 23.2 Å². The highest BCUT2D eigenvalue weighted by Gasteiger charge is 2.34. The Balaban J connectivity index is 1.97. The molecule has 1 heterocycles. The van der Waals surface area contributed by atoms with Crippen LogP contribution in [0.1, 0.15) is 63.7 Å². The van der Waals surface area contributed by atoms with E-state index in [0.717, 1.165) is 37.3 Å². The topological polar surface area (TPSA) is 166 Å². The average Bonchev–Trinajstić information content (AvgIpc) is 2.96. The number of allylic oxidation sites excluding steroid dienone is 5. The van der Waals surface area contributed by atoms with Gasteiger partial charge in [-0.2, -0.15) is 0 Å². The summed E-state index contributed by atoms with van der Waals surface area (Å²) in [5.41, 5.74) is 3.69. The number of phenols is 1. The van der Waals surface area contributed by atoms with Crippen molar-refractivity contribution >= 4 is 39.0 Å². The number of amides is 1. The molecule has 1 amide bonds. The number of nitrogens with one attached hydrogen (secondary N) is 1. The molecule has 0 bridgehead atoms. The molecule has 0 spiro atoms. The minimum Gasteiger partial charge on any atom is -0.508 e. The van der Waals surface area contributed by atoms with Crippen LogP contribution in [-0.2, 0) is 9.13 Å². The molecule has 1 unspecified atom stereocenters. The minimum absolute atomic E-state index is 0.0203. The molecule has 1 aliphatic rings. The second-order valence-corrected chi connectivity index (χ2v) is 11.8. The lowest BCUT2D eigenvalue weighted by atomic mass is 10.1. The third-order valence-electron chi connectivity index (χ3n) is 6.25. The van der Waals surface area contributed by atoms with Crippen molar-refractivity contribution in [3.05, 3.63) is 70.8 Å². The van der Waals surface area contributed by atoms with E-state index in [-0.39, 0.29) is 46.4 Å². The number of phenolic OH excluding ortho intramolecular Hbond substituents is 1. The maximum Gasteiger partial charge on any atom is 0.747 e. The number of carbonyl (C=O) groups excluding carboxylic acids is 1. The molecule has 1 atom stereocenters. The number of carbonyl (C=O) groups is 1. The first-order valence-corrected chi connectivity index (χ1v) is 15.5. The summed E-state index contributed by atoms with van der Waals surface area (Å²) >= 11 is 0. The van der Waals surface area contributed by atoms with E-state index in [1.54, 1.807) is 0 Å². The Hall–Kier alpha value is -3.46. The van der Waals surface area contributed by atoms with Crippen LogP contribution in [-0.4, -0.2) is 32.2 Å². The van der Waals surface area contributed by atoms with Gasteiger partial charge in [-0.15, -0.1) is 4.89 Å². The summed E-state index contributed by atoms with van der Waals surface area (Å²) in [6, 6.07) is 6.49. The van der Waals surface area contributed by atoms with Gasteiger partial charge in [0.25, 0.3) is 5.91 Å². The van der Waals surface area contributed by atoms with Gasteiger partial charge in [0.05, 0.1) is 16.9 Å². The van der Waals surface area contributed by atoms with Crippen molar-refractivity contribution in [2.45, 2.75) is 53.4 Å². The molecule has 1 aliphatic heterocycles. The average molecular weight is 606 g/mol.